The molecule has 1 N–H and O–H groups in total. The van der Waals surface area contributed by atoms with E-state index in [2.05, 4.69) is 5.32 Å². The Hall–Kier alpha value is -2.08. The van der Waals surface area contributed by atoms with Crippen LogP contribution in [0.2, 0.25) is 0 Å². The van der Waals surface area contributed by atoms with E-state index in [9.17, 15) is 9.59 Å². The van der Waals surface area contributed by atoms with Crippen molar-refractivity contribution in [2.45, 2.75) is 44.1 Å². The standard InChI is InChI=1S/C22H30N2O4/c1-27-19-7-4-16(5-8-19)6-9-21(26)24-14-22(15-24)11-18(13-28-22)10-20(25)23-12-17-2-3-17/h4-5,7-8,17-18H,2-3,6,9-15H2,1H3,(H,23,25). The minimum absolute atomic E-state index is 0.143. The van der Waals surface area contributed by atoms with Crippen LogP contribution in [0.1, 0.15) is 37.7 Å². The fraction of sp³-hybridized carbons (Fsp3) is 0.636. The normalized spacial score (nSPS) is 22.8. The zero-order valence-corrected chi connectivity index (χ0v) is 16.6. The Kier molecular flexibility index (Phi) is 5.58. The summed E-state index contributed by atoms with van der Waals surface area (Å²) in [6.07, 6.45) is 5.16. The van der Waals surface area contributed by atoms with Crippen LogP contribution in [-0.2, 0) is 20.7 Å². The number of ether oxygens (including phenoxy) is 2. The minimum atomic E-state index is -0.211. The zero-order chi connectivity index (χ0) is 19.6. The van der Waals surface area contributed by atoms with Crippen LogP contribution in [0.5, 0.6) is 5.75 Å². The average Bonchev–Trinajstić information content (AvgIpc) is 3.42. The Bertz CT molecular complexity index is 708. The largest absolute Gasteiger partial charge is 0.497 e. The molecule has 0 aromatic heterocycles. The van der Waals surface area contributed by atoms with Crippen molar-refractivity contribution in [1.82, 2.24) is 10.2 Å². The van der Waals surface area contributed by atoms with Gasteiger partial charge in [0.2, 0.25) is 11.8 Å². The monoisotopic (exact) mass is 386 g/mol. The summed E-state index contributed by atoms with van der Waals surface area (Å²) in [7, 11) is 1.65. The fourth-order valence-electron chi connectivity index (χ4n) is 4.23. The number of hydrogen-bond acceptors (Lipinski definition) is 4. The summed E-state index contributed by atoms with van der Waals surface area (Å²) in [5.41, 5.74) is 0.927. The zero-order valence-electron chi connectivity index (χ0n) is 16.6. The van der Waals surface area contributed by atoms with E-state index in [4.69, 9.17) is 9.47 Å². The van der Waals surface area contributed by atoms with Gasteiger partial charge in [0.25, 0.3) is 0 Å². The van der Waals surface area contributed by atoms with E-state index in [1.807, 2.05) is 29.2 Å². The summed E-state index contributed by atoms with van der Waals surface area (Å²) in [6.45, 7) is 2.78. The average molecular weight is 386 g/mol. The van der Waals surface area contributed by atoms with E-state index < -0.39 is 0 Å². The molecule has 2 amide bonds. The van der Waals surface area contributed by atoms with Gasteiger partial charge in [0.1, 0.15) is 11.4 Å². The molecule has 1 unspecified atom stereocenters. The third-order valence-electron chi connectivity index (χ3n) is 6.14. The highest BCUT2D eigenvalue weighted by Gasteiger charge is 2.51. The first-order valence-electron chi connectivity index (χ1n) is 10.4. The number of aryl methyl sites for hydroxylation is 1. The van der Waals surface area contributed by atoms with Crippen molar-refractivity contribution in [2.75, 3.05) is 33.4 Å². The Morgan fingerprint density at radius 3 is 2.64 bits per heavy atom. The smallest absolute Gasteiger partial charge is 0.223 e. The molecule has 3 aliphatic rings. The summed E-state index contributed by atoms with van der Waals surface area (Å²) in [4.78, 5) is 26.4. The highest BCUT2D eigenvalue weighted by Crippen LogP contribution is 2.39. The van der Waals surface area contributed by atoms with Gasteiger partial charge in [-0.15, -0.1) is 0 Å². The van der Waals surface area contributed by atoms with Gasteiger partial charge in [0.15, 0.2) is 0 Å². The van der Waals surface area contributed by atoms with Gasteiger partial charge in [-0.2, -0.15) is 0 Å². The van der Waals surface area contributed by atoms with E-state index >= 15 is 0 Å². The highest BCUT2D eigenvalue weighted by atomic mass is 16.5. The van der Waals surface area contributed by atoms with Gasteiger partial charge in [-0.05, 0) is 55.2 Å². The first kappa shape index (κ1) is 19.2. The molecule has 4 rings (SSSR count). The number of nitrogens with one attached hydrogen (secondary N) is 1. The van der Waals surface area contributed by atoms with Crippen LogP contribution in [0, 0.1) is 11.8 Å². The molecule has 152 valence electrons. The second-order valence-electron chi connectivity index (χ2n) is 8.61. The van der Waals surface area contributed by atoms with Crippen LogP contribution >= 0.6 is 0 Å². The summed E-state index contributed by atoms with van der Waals surface area (Å²) >= 11 is 0. The number of carbonyl (C=O) groups excluding carboxylic acids is 2. The molecule has 1 saturated carbocycles. The second kappa shape index (κ2) is 8.11. The Morgan fingerprint density at radius 2 is 1.96 bits per heavy atom. The predicted molar refractivity (Wildman–Crippen MR) is 105 cm³/mol. The molecule has 0 bridgehead atoms. The molecule has 1 spiro atoms. The molecule has 6 heteroatoms. The van der Waals surface area contributed by atoms with Crippen LogP contribution in [-0.4, -0.2) is 55.7 Å². The first-order valence-corrected chi connectivity index (χ1v) is 10.4. The topological polar surface area (TPSA) is 67.9 Å². The molecule has 1 aromatic rings. The lowest BCUT2D eigenvalue weighted by atomic mass is 9.85. The van der Waals surface area contributed by atoms with Gasteiger partial charge < -0.3 is 19.7 Å². The number of nitrogens with zero attached hydrogens (tertiary/aromatic N) is 1. The molecular weight excluding hydrogens is 356 g/mol. The van der Waals surface area contributed by atoms with Crippen LogP contribution in [0.3, 0.4) is 0 Å². The van der Waals surface area contributed by atoms with Gasteiger partial charge >= 0.3 is 0 Å². The number of methoxy groups -OCH3 is 1. The molecule has 0 radical (unpaired) electrons. The highest BCUT2D eigenvalue weighted by molar-refractivity contribution is 5.78. The molecule has 2 heterocycles. The molecule has 2 aliphatic heterocycles. The van der Waals surface area contributed by atoms with Crippen LogP contribution in [0.15, 0.2) is 24.3 Å². The Balaban J connectivity index is 1.16. The van der Waals surface area contributed by atoms with Gasteiger partial charge in [0, 0.05) is 19.4 Å². The van der Waals surface area contributed by atoms with E-state index in [1.54, 1.807) is 7.11 Å². The van der Waals surface area contributed by atoms with Gasteiger partial charge in [0.05, 0.1) is 26.8 Å². The van der Waals surface area contributed by atoms with E-state index in [-0.39, 0.29) is 23.3 Å². The lowest BCUT2D eigenvalue weighted by Crippen LogP contribution is -2.63. The van der Waals surface area contributed by atoms with E-state index in [0.29, 0.717) is 38.5 Å². The SMILES string of the molecule is COc1ccc(CCC(=O)N2CC3(CC(CC(=O)NCC4CC4)CO3)C2)cc1. The minimum Gasteiger partial charge on any atom is -0.497 e. The van der Waals surface area contributed by atoms with Crippen molar-refractivity contribution in [2.24, 2.45) is 11.8 Å². The Labute approximate surface area is 166 Å². The van der Waals surface area contributed by atoms with Crippen molar-refractivity contribution in [3.05, 3.63) is 29.8 Å². The molecule has 1 atom stereocenters. The summed E-state index contributed by atoms with van der Waals surface area (Å²) in [5, 5.41) is 3.03. The number of benzene rings is 1. The van der Waals surface area contributed by atoms with E-state index in [1.165, 1.54) is 12.8 Å². The predicted octanol–water partition coefficient (Wildman–Crippen LogP) is 2.16. The number of carbonyl (C=O) groups is 2. The Morgan fingerprint density at radius 1 is 1.21 bits per heavy atom. The summed E-state index contributed by atoms with van der Waals surface area (Å²) < 4.78 is 11.2. The van der Waals surface area contributed by atoms with Gasteiger partial charge in [-0.1, -0.05) is 12.1 Å². The van der Waals surface area contributed by atoms with Crippen LogP contribution in [0.4, 0.5) is 0 Å². The molecular formula is C22H30N2O4. The number of amides is 2. The van der Waals surface area contributed by atoms with Crippen molar-refractivity contribution < 1.29 is 19.1 Å². The van der Waals surface area contributed by atoms with Crippen molar-refractivity contribution >= 4 is 11.8 Å². The summed E-state index contributed by atoms with van der Waals surface area (Å²) in [5.74, 6) is 2.13. The third-order valence-corrected chi connectivity index (χ3v) is 6.14. The maximum absolute atomic E-state index is 12.5. The van der Waals surface area contributed by atoms with Gasteiger partial charge in [-0.25, -0.2) is 0 Å². The third kappa shape index (κ3) is 4.66. The molecule has 1 aliphatic carbocycles. The quantitative estimate of drug-likeness (QED) is 0.744. The van der Waals surface area contributed by atoms with Crippen molar-refractivity contribution in [1.29, 1.82) is 0 Å². The van der Waals surface area contributed by atoms with Gasteiger partial charge in [-0.3, -0.25) is 9.59 Å². The first-order chi connectivity index (χ1) is 13.5. The molecule has 1 aromatic carbocycles. The molecule has 6 nitrogen and oxygen atoms in total. The summed E-state index contributed by atoms with van der Waals surface area (Å²) in [6, 6.07) is 7.85. The maximum atomic E-state index is 12.5. The van der Waals surface area contributed by atoms with Crippen LogP contribution in [0.25, 0.3) is 0 Å². The lowest BCUT2D eigenvalue weighted by Gasteiger charge is -2.47. The van der Waals surface area contributed by atoms with Crippen molar-refractivity contribution in [3.63, 3.8) is 0 Å². The number of likely N-dealkylation sites (tertiary alicyclic amines) is 1. The number of rotatable bonds is 8. The van der Waals surface area contributed by atoms with E-state index in [0.717, 1.165) is 30.7 Å². The maximum Gasteiger partial charge on any atom is 0.223 e. The van der Waals surface area contributed by atoms with Crippen molar-refractivity contribution in [3.8, 4) is 5.75 Å². The lowest BCUT2D eigenvalue weighted by molar-refractivity contribution is -0.157. The molecule has 28 heavy (non-hydrogen) atoms. The second-order valence-corrected chi connectivity index (χ2v) is 8.61. The van der Waals surface area contributed by atoms with Crippen LogP contribution < -0.4 is 10.1 Å². The molecule has 2 saturated heterocycles. The molecule has 3 fully saturated rings. The fourth-order valence-corrected chi connectivity index (χ4v) is 4.23. The number of hydrogen-bond donors (Lipinski definition) is 1.